The standard InChI is InChI=1S/C24H25N5O3/c1-5-17-8-6-7-15(2)23(17)26-22(30)14-28-24(31)29-16(3)25-20(13-21(29)27-28)18-9-11-19(32-4)12-10-18/h6-13H,5,14H2,1-4H3,(H,26,30). The topological polar surface area (TPSA) is 90.5 Å². The molecule has 32 heavy (non-hydrogen) atoms. The van der Waals surface area contributed by atoms with Crippen molar-refractivity contribution in [1.29, 1.82) is 0 Å². The number of ether oxygens (including phenoxy) is 1. The summed E-state index contributed by atoms with van der Waals surface area (Å²) >= 11 is 0. The molecular formula is C24H25N5O3. The predicted molar refractivity (Wildman–Crippen MR) is 123 cm³/mol. The van der Waals surface area contributed by atoms with E-state index in [9.17, 15) is 9.59 Å². The summed E-state index contributed by atoms with van der Waals surface area (Å²) in [5.41, 5.74) is 4.41. The first-order valence-corrected chi connectivity index (χ1v) is 10.4. The molecule has 4 rings (SSSR count). The second-order valence-corrected chi connectivity index (χ2v) is 7.56. The second kappa shape index (κ2) is 8.66. The number of benzene rings is 2. The number of aromatic nitrogens is 4. The van der Waals surface area contributed by atoms with Crippen molar-refractivity contribution in [2.24, 2.45) is 0 Å². The fourth-order valence-electron chi connectivity index (χ4n) is 3.73. The van der Waals surface area contributed by atoms with Crippen LogP contribution in [0.1, 0.15) is 23.9 Å². The number of aryl methyl sites for hydroxylation is 3. The molecule has 164 valence electrons. The van der Waals surface area contributed by atoms with E-state index in [0.717, 1.165) is 34.5 Å². The van der Waals surface area contributed by atoms with Crippen molar-refractivity contribution in [3.05, 3.63) is 76.0 Å². The van der Waals surface area contributed by atoms with Gasteiger partial charge in [-0.3, -0.25) is 4.79 Å². The van der Waals surface area contributed by atoms with Crippen molar-refractivity contribution in [1.82, 2.24) is 19.2 Å². The normalized spacial score (nSPS) is 11.0. The summed E-state index contributed by atoms with van der Waals surface area (Å²) < 4.78 is 7.78. The van der Waals surface area contributed by atoms with Gasteiger partial charge in [-0.2, -0.15) is 0 Å². The zero-order valence-electron chi connectivity index (χ0n) is 18.5. The molecule has 1 amide bonds. The van der Waals surface area contributed by atoms with Crippen molar-refractivity contribution in [2.75, 3.05) is 12.4 Å². The van der Waals surface area contributed by atoms with Gasteiger partial charge in [0.05, 0.1) is 12.8 Å². The first-order valence-electron chi connectivity index (χ1n) is 10.4. The van der Waals surface area contributed by atoms with Crippen LogP contribution in [0.15, 0.2) is 53.3 Å². The monoisotopic (exact) mass is 431 g/mol. The zero-order valence-corrected chi connectivity index (χ0v) is 18.5. The number of para-hydroxylation sites is 1. The van der Waals surface area contributed by atoms with Crippen molar-refractivity contribution in [3.63, 3.8) is 0 Å². The molecule has 4 aromatic rings. The first kappa shape index (κ1) is 21.3. The lowest BCUT2D eigenvalue weighted by Crippen LogP contribution is -2.29. The van der Waals surface area contributed by atoms with E-state index in [1.807, 2.05) is 56.3 Å². The van der Waals surface area contributed by atoms with Crippen molar-refractivity contribution < 1.29 is 9.53 Å². The molecule has 0 spiro atoms. The van der Waals surface area contributed by atoms with Gasteiger partial charge in [0.15, 0.2) is 5.65 Å². The zero-order chi connectivity index (χ0) is 22.8. The third kappa shape index (κ3) is 3.99. The number of methoxy groups -OCH3 is 1. The SMILES string of the molecule is CCc1cccc(C)c1NC(=O)Cn1nc2cc(-c3ccc(OC)cc3)nc(C)n2c1=O. The van der Waals surface area contributed by atoms with Gasteiger partial charge in [0.25, 0.3) is 0 Å². The minimum atomic E-state index is -0.401. The second-order valence-electron chi connectivity index (χ2n) is 7.56. The van der Waals surface area contributed by atoms with Crippen LogP contribution in [0.25, 0.3) is 16.9 Å². The number of nitrogens with one attached hydrogen (secondary N) is 1. The number of hydrogen-bond donors (Lipinski definition) is 1. The molecule has 0 bridgehead atoms. The fraction of sp³-hybridized carbons (Fsp3) is 0.250. The average molecular weight is 431 g/mol. The summed E-state index contributed by atoms with van der Waals surface area (Å²) in [7, 11) is 1.61. The molecule has 2 aromatic carbocycles. The molecule has 0 aliphatic rings. The van der Waals surface area contributed by atoms with Crippen LogP contribution in [-0.2, 0) is 17.8 Å². The van der Waals surface area contributed by atoms with Crippen LogP contribution in [0, 0.1) is 13.8 Å². The van der Waals surface area contributed by atoms with Gasteiger partial charge in [-0.25, -0.2) is 18.9 Å². The van der Waals surface area contributed by atoms with Crippen LogP contribution >= 0.6 is 0 Å². The van der Waals surface area contributed by atoms with Gasteiger partial charge >= 0.3 is 5.69 Å². The highest BCUT2D eigenvalue weighted by molar-refractivity contribution is 5.92. The van der Waals surface area contributed by atoms with Crippen LogP contribution in [-0.4, -0.2) is 32.2 Å². The fourth-order valence-corrected chi connectivity index (χ4v) is 3.73. The number of fused-ring (bicyclic) bond motifs is 1. The molecule has 0 fully saturated rings. The Morgan fingerprint density at radius 2 is 1.88 bits per heavy atom. The average Bonchev–Trinajstić information content (AvgIpc) is 3.10. The summed E-state index contributed by atoms with van der Waals surface area (Å²) in [6, 6.07) is 15.1. The Morgan fingerprint density at radius 1 is 1.12 bits per heavy atom. The smallest absolute Gasteiger partial charge is 0.352 e. The number of anilines is 1. The molecule has 0 unspecified atom stereocenters. The Morgan fingerprint density at radius 3 is 2.56 bits per heavy atom. The Hall–Kier alpha value is -3.94. The van der Waals surface area contributed by atoms with E-state index >= 15 is 0 Å². The summed E-state index contributed by atoms with van der Waals surface area (Å²) in [6.07, 6.45) is 0.796. The van der Waals surface area contributed by atoms with E-state index in [1.54, 1.807) is 20.1 Å². The number of amides is 1. The van der Waals surface area contributed by atoms with Crippen molar-refractivity contribution in [2.45, 2.75) is 33.7 Å². The van der Waals surface area contributed by atoms with E-state index in [1.165, 1.54) is 9.08 Å². The van der Waals surface area contributed by atoms with Gasteiger partial charge in [0.1, 0.15) is 18.1 Å². The lowest BCUT2D eigenvalue weighted by Gasteiger charge is -2.12. The number of carbonyl (C=O) groups excluding carboxylic acids is 1. The molecule has 0 radical (unpaired) electrons. The van der Waals surface area contributed by atoms with Crippen molar-refractivity contribution >= 4 is 17.2 Å². The Kier molecular flexibility index (Phi) is 5.77. The van der Waals surface area contributed by atoms with Crippen LogP contribution in [0.2, 0.25) is 0 Å². The lowest BCUT2D eigenvalue weighted by atomic mass is 10.1. The molecule has 8 heteroatoms. The molecule has 8 nitrogen and oxygen atoms in total. The number of carbonyl (C=O) groups is 1. The van der Waals surface area contributed by atoms with Crippen LogP contribution < -0.4 is 15.7 Å². The van der Waals surface area contributed by atoms with Gasteiger partial charge in [-0.15, -0.1) is 5.10 Å². The minimum Gasteiger partial charge on any atom is -0.497 e. The van der Waals surface area contributed by atoms with E-state index in [0.29, 0.717) is 17.2 Å². The van der Waals surface area contributed by atoms with Gasteiger partial charge in [0, 0.05) is 17.3 Å². The minimum absolute atomic E-state index is 0.185. The van der Waals surface area contributed by atoms with Crippen molar-refractivity contribution in [3.8, 4) is 17.0 Å². The van der Waals surface area contributed by atoms with E-state index in [-0.39, 0.29) is 12.5 Å². The molecule has 0 saturated carbocycles. The van der Waals surface area contributed by atoms with Gasteiger partial charge in [0.2, 0.25) is 5.91 Å². The predicted octanol–water partition coefficient (Wildman–Crippen LogP) is 3.38. The Bertz CT molecular complexity index is 1350. The highest BCUT2D eigenvalue weighted by Crippen LogP contribution is 2.22. The molecule has 1 N–H and O–H groups in total. The Balaban J connectivity index is 1.64. The summed E-state index contributed by atoms with van der Waals surface area (Å²) in [5, 5.41) is 7.32. The third-order valence-corrected chi connectivity index (χ3v) is 5.42. The first-order chi connectivity index (χ1) is 15.4. The summed E-state index contributed by atoms with van der Waals surface area (Å²) in [4.78, 5) is 30.2. The van der Waals surface area contributed by atoms with Gasteiger partial charge < -0.3 is 10.1 Å². The van der Waals surface area contributed by atoms with E-state index < -0.39 is 5.69 Å². The maximum absolute atomic E-state index is 12.9. The lowest BCUT2D eigenvalue weighted by molar-refractivity contribution is -0.117. The van der Waals surface area contributed by atoms with Crippen LogP contribution in [0.4, 0.5) is 5.69 Å². The maximum atomic E-state index is 12.9. The van der Waals surface area contributed by atoms with Crippen LogP contribution in [0.5, 0.6) is 5.75 Å². The van der Waals surface area contributed by atoms with E-state index in [4.69, 9.17) is 4.74 Å². The van der Waals surface area contributed by atoms with Crippen LogP contribution in [0.3, 0.4) is 0 Å². The molecule has 2 aromatic heterocycles. The highest BCUT2D eigenvalue weighted by Gasteiger charge is 2.16. The maximum Gasteiger partial charge on any atom is 0.352 e. The third-order valence-electron chi connectivity index (χ3n) is 5.42. The summed E-state index contributed by atoms with van der Waals surface area (Å²) in [6.45, 7) is 5.54. The molecule has 0 aliphatic heterocycles. The largest absolute Gasteiger partial charge is 0.497 e. The molecule has 2 heterocycles. The number of rotatable bonds is 6. The summed E-state index contributed by atoms with van der Waals surface area (Å²) in [5.74, 6) is 0.940. The number of nitrogens with zero attached hydrogens (tertiary/aromatic N) is 4. The Labute approximate surface area is 185 Å². The molecular weight excluding hydrogens is 406 g/mol. The highest BCUT2D eigenvalue weighted by atomic mass is 16.5. The number of hydrogen-bond acceptors (Lipinski definition) is 5. The molecule has 0 saturated heterocycles. The van der Waals surface area contributed by atoms with Gasteiger partial charge in [-0.1, -0.05) is 25.1 Å². The molecule has 0 aliphatic carbocycles. The quantitative estimate of drug-likeness (QED) is 0.505. The van der Waals surface area contributed by atoms with Gasteiger partial charge in [-0.05, 0) is 55.7 Å². The van der Waals surface area contributed by atoms with E-state index in [2.05, 4.69) is 15.4 Å². The molecule has 0 atom stereocenters.